The van der Waals surface area contributed by atoms with Gasteiger partial charge in [0.1, 0.15) is 5.82 Å². The van der Waals surface area contributed by atoms with Crippen LogP contribution in [0.2, 0.25) is 5.02 Å². The minimum Gasteiger partial charge on any atom is -0.481 e. The number of imidazole rings is 1. The Balaban J connectivity index is 2.10. The maximum atomic E-state index is 10.6. The number of benzene rings is 1. The SMILES string of the molecule is O=C(O)CCc1nccn1Cc1cccc(Cl)c1. The maximum absolute atomic E-state index is 10.6. The van der Waals surface area contributed by atoms with Crippen LogP contribution >= 0.6 is 11.6 Å². The van der Waals surface area contributed by atoms with Gasteiger partial charge in [-0.1, -0.05) is 23.7 Å². The Bertz CT molecular complexity index is 551. The zero-order valence-corrected chi connectivity index (χ0v) is 10.5. The standard InChI is InChI=1S/C13H13ClN2O2/c14-11-3-1-2-10(8-11)9-16-7-6-15-12(16)4-5-13(17)18/h1-3,6-8H,4-5,9H2,(H,17,18). The first-order valence-corrected chi connectivity index (χ1v) is 5.99. The number of carboxylic acids is 1. The highest BCUT2D eigenvalue weighted by atomic mass is 35.5. The van der Waals surface area contributed by atoms with Crippen LogP contribution in [0.5, 0.6) is 0 Å². The molecule has 94 valence electrons. The normalized spacial score (nSPS) is 10.5. The summed E-state index contributed by atoms with van der Waals surface area (Å²) in [7, 11) is 0. The number of aromatic nitrogens is 2. The summed E-state index contributed by atoms with van der Waals surface area (Å²) in [6.07, 6.45) is 4.05. The largest absolute Gasteiger partial charge is 0.481 e. The summed E-state index contributed by atoms with van der Waals surface area (Å²) in [6, 6.07) is 7.59. The molecule has 1 aromatic carbocycles. The van der Waals surface area contributed by atoms with Gasteiger partial charge in [0, 0.05) is 30.4 Å². The fraction of sp³-hybridized carbons (Fsp3) is 0.231. The van der Waals surface area contributed by atoms with Gasteiger partial charge in [0.15, 0.2) is 0 Å². The molecule has 0 saturated heterocycles. The van der Waals surface area contributed by atoms with Crippen LogP contribution in [-0.4, -0.2) is 20.6 Å². The number of aryl methyl sites for hydroxylation is 1. The molecule has 1 aromatic heterocycles. The van der Waals surface area contributed by atoms with Crippen LogP contribution in [0.4, 0.5) is 0 Å². The first-order valence-electron chi connectivity index (χ1n) is 5.61. The van der Waals surface area contributed by atoms with Gasteiger partial charge < -0.3 is 9.67 Å². The first-order chi connectivity index (χ1) is 8.65. The van der Waals surface area contributed by atoms with Gasteiger partial charge in [-0.2, -0.15) is 0 Å². The van der Waals surface area contributed by atoms with E-state index in [4.69, 9.17) is 16.7 Å². The quantitative estimate of drug-likeness (QED) is 0.903. The zero-order chi connectivity index (χ0) is 13.0. The van der Waals surface area contributed by atoms with E-state index in [1.165, 1.54) is 0 Å². The second kappa shape index (κ2) is 5.69. The minimum atomic E-state index is -0.813. The number of hydrogen-bond donors (Lipinski definition) is 1. The van der Waals surface area contributed by atoms with Crippen LogP contribution in [0, 0.1) is 0 Å². The second-order valence-electron chi connectivity index (χ2n) is 4.00. The molecule has 4 nitrogen and oxygen atoms in total. The Morgan fingerprint density at radius 1 is 1.44 bits per heavy atom. The van der Waals surface area contributed by atoms with Crippen LogP contribution in [0.25, 0.3) is 0 Å². The fourth-order valence-electron chi connectivity index (χ4n) is 1.76. The number of aliphatic carboxylic acids is 1. The average molecular weight is 265 g/mol. The van der Waals surface area contributed by atoms with E-state index in [0.29, 0.717) is 18.0 Å². The number of hydrogen-bond acceptors (Lipinski definition) is 2. The van der Waals surface area contributed by atoms with E-state index in [0.717, 1.165) is 11.4 Å². The molecule has 0 aliphatic carbocycles. The monoisotopic (exact) mass is 264 g/mol. The van der Waals surface area contributed by atoms with Crippen molar-refractivity contribution in [3.8, 4) is 0 Å². The number of rotatable bonds is 5. The molecule has 0 atom stereocenters. The van der Waals surface area contributed by atoms with Crippen LogP contribution in [0.1, 0.15) is 17.8 Å². The molecular formula is C13H13ClN2O2. The third kappa shape index (κ3) is 3.34. The van der Waals surface area contributed by atoms with Crippen LogP contribution in [0.3, 0.4) is 0 Å². The van der Waals surface area contributed by atoms with Gasteiger partial charge in [0.2, 0.25) is 0 Å². The van der Waals surface area contributed by atoms with E-state index in [2.05, 4.69) is 4.98 Å². The van der Waals surface area contributed by atoms with Crippen LogP contribution < -0.4 is 0 Å². The molecule has 0 aliphatic rings. The van der Waals surface area contributed by atoms with Gasteiger partial charge in [0.25, 0.3) is 0 Å². The molecule has 0 saturated carbocycles. The van der Waals surface area contributed by atoms with Crippen molar-refractivity contribution in [1.29, 1.82) is 0 Å². The van der Waals surface area contributed by atoms with Gasteiger partial charge in [-0.15, -0.1) is 0 Å². The molecule has 0 fully saturated rings. The Labute approximate surface area is 110 Å². The maximum Gasteiger partial charge on any atom is 0.303 e. The molecule has 0 bridgehead atoms. The predicted molar refractivity (Wildman–Crippen MR) is 68.7 cm³/mol. The number of nitrogens with zero attached hydrogens (tertiary/aromatic N) is 2. The molecule has 2 rings (SSSR count). The second-order valence-corrected chi connectivity index (χ2v) is 4.43. The minimum absolute atomic E-state index is 0.0898. The molecule has 1 N–H and O–H groups in total. The molecule has 0 unspecified atom stereocenters. The Hall–Kier alpha value is -1.81. The zero-order valence-electron chi connectivity index (χ0n) is 9.71. The molecule has 2 aromatic rings. The first kappa shape index (κ1) is 12.6. The molecule has 0 amide bonds. The summed E-state index contributed by atoms with van der Waals surface area (Å²) in [5, 5.41) is 9.37. The van der Waals surface area contributed by atoms with Gasteiger partial charge in [-0.25, -0.2) is 4.98 Å². The van der Waals surface area contributed by atoms with Crippen molar-refractivity contribution < 1.29 is 9.90 Å². The smallest absolute Gasteiger partial charge is 0.303 e. The lowest BCUT2D eigenvalue weighted by atomic mass is 10.2. The molecule has 18 heavy (non-hydrogen) atoms. The van der Waals surface area contributed by atoms with E-state index >= 15 is 0 Å². The summed E-state index contributed by atoms with van der Waals surface area (Å²) >= 11 is 5.92. The van der Waals surface area contributed by atoms with E-state index in [1.54, 1.807) is 6.20 Å². The highest BCUT2D eigenvalue weighted by Crippen LogP contribution is 2.13. The third-order valence-corrected chi connectivity index (χ3v) is 2.84. The van der Waals surface area contributed by atoms with Crippen molar-refractivity contribution in [2.75, 3.05) is 0 Å². The lowest BCUT2D eigenvalue weighted by Gasteiger charge is -2.07. The van der Waals surface area contributed by atoms with Crippen molar-refractivity contribution in [3.63, 3.8) is 0 Å². The summed E-state index contributed by atoms with van der Waals surface area (Å²) in [5.74, 6) is -0.0373. The number of carbonyl (C=O) groups is 1. The third-order valence-electron chi connectivity index (χ3n) is 2.61. The van der Waals surface area contributed by atoms with Crippen molar-refractivity contribution in [1.82, 2.24) is 9.55 Å². The van der Waals surface area contributed by atoms with Gasteiger partial charge in [0.05, 0.1) is 6.42 Å². The summed E-state index contributed by atoms with van der Waals surface area (Å²) < 4.78 is 1.94. The number of carboxylic acid groups (broad SMARTS) is 1. The van der Waals surface area contributed by atoms with Gasteiger partial charge in [-0.05, 0) is 17.7 Å². The molecule has 0 radical (unpaired) electrons. The van der Waals surface area contributed by atoms with Crippen molar-refractivity contribution in [2.24, 2.45) is 0 Å². The number of halogens is 1. The highest BCUT2D eigenvalue weighted by Gasteiger charge is 2.06. The molecule has 1 heterocycles. The lowest BCUT2D eigenvalue weighted by Crippen LogP contribution is -2.07. The Kier molecular flexibility index (Phi) is 3.99. The van der Waals surface area contributed by atoms with Crippen molar-refractivity contribution in [2.45, 2.75) is 19.4 Å². The highest BCUT2D eigenvalue weighted by molar-refractivity contribution is 6.30. The summed E-state index contributed by atoms with van der Waals surface area (Å²) in [5.41, 5.74) is 1.07. The summed E-state index contributed by atoms with van der Waals surface area (Å²) in [6.45, 7) is 0.648. The molecule has 5 heteroatoms. The van der Waals surface area contributed by atoms with Crippen molar-refractivity contribution >= 4 is 17.6 Å². The fourth-order valence-corrected chi connectivity index (χ4v) is 1.98. The lowest BCUT2D eigenvalue weighted by molar-refractivity contribution is -0.137. The predicted octanol–water partition coefficient (Wildman–Crippen LogP) is 2.60. The van der Waals surface area contributed by atoms with Crippen LogP contribution in [0.15, 0.2) is 36.7 Å². The van der Waals surface area contributed by atoms with Crippen LogP contribution in [-0.2, 0) is 17.8 Å². The molecule has 0 aliphatic heterocycles. The molecule has 0 spiro atoms. The Morgan fingerprint density at radius 2 is 2.28 bits per heavy atom. The van der Waals surface area contributed by atoms with Gasteiger partial charge >= 0.3 is 5.97 Å². The van der Waals surface area contributed by atoms with E-state index in [9.17, 15) is 4.79 Å². The van der Waals surface area contributed by atoms with E-state index < -0.39 is 5.97 Å². The topological polar surface area (TPSA) is 55.1 Å². The van der Waals surface area contributed by atoms with E-state index in [-0.39, 0.29) is 6.42 Å². The summed E-state index contributed by atoms with van der Waals surface area (Å²) in [4.78, 5) is 14.7. The van der Waals surface area contributed by atoms with E-state index in [1.807, 2.05) is 35.0 Å². The molecular weight excluding hydrogens is 252 g/mol. The van der Waals surface area contributed by atoms with Crippen molar-refractivity contribution in [3.05, 3.63) is 53.1 Å². The van der Waals surface area contributed by atoms with Gasteiger partial charge in [-0.3, -0.25) is 4.79 Å². The Morgan fingerprint density at radius 3 is 3.00 bits per heavy atom. The average Bonchev–Trinajstić information content (AvgIpc) is 2.74.